The second-order valence-corrected chi connectivity index (χ2v) is 6.56. The number of aromatic amines is 1. The normalized spacial score (nSPS) is 20.2. The Morgan fingerprint density at radius 2 is 2.00 bits per heavy atom. The van der Waals surface area contributed by atoms with Crippen LogP contribution in [-0.2, 0) is 18.4 Å². The highest BCUT2D eigenvalue weighted by Gasteiger charge is 2.35. The Bertz CT molecular complexity index is 899. The number of terminal acetylenes is 1. The molecule has 0 spiro atoms. The molecule has 3 N–H and O–H groups in total. The van der Waals surface area contributed by atoms with Crippen LogP contribution in [-0.4, -0.2) is 4.98 Å². The number of nitrogens with one attached hydrogen (secondary N) is 1. The molecule has 2 nitrogen and oxygen atoms in total. The highest BCUT2D eigenvalue weighted by molar-refractivity contribution is 5.86. The van der Waals surface area contributed by atoms with Crippen LogP contribution in [0.1, 0.15) is 35.2 Å². The van der Waals surface area contributed by atoms with Crippen LogP contribution in [0.15, 0.2) is 48.5 Å². The average Bonchev–Trinajstić information content (AvgIpc) is 2.95. The highest BCUT2D eigenvalue weighted by Crippen LogP contribution is 2.39. The predicted molar refractivity (Wildman–Crippen MR) is 95.2 cm³/mol. The van der Waals surface area contributed by atoms with Crippen molar-refractivity contribution in [2.45, 2.75) is 31.2 Å². The van der Waals surface area contributed by atoms with Crippen molar-refractivity contribution >= 4 is 10.9 Å². The van der Waals surface area contributed by atoms with E-state index in [1.807, 2.05) is 12.1 Å². The van der Waals surface area contributed by atoms with Crippen molar-refractivity contribution in [1.82, 2.24) is 4.98 Å². The standard InChI is InChI=1S/C21H20N2/c1-2-15-10-11-19-18(13-15)17-9-6-12-21(22,20(17)23-19)14-16-7-4-3-5-8-16/h1,3-5,7-8,10-11,13,23H,6,9,12,14,22H2. The maximum Gasteiger partial charge on any atom is 0.0605 e. The van der Waals surface area contributed by atoms with Crippen molar-refractivity contribution in [3.63, 3.8) is 0 Å². The number of H-pyrrole nitrogens is 1. The van der Waals surface area contributed by atoms with E-state index in [9.17, 15) is 0 Å². The summed E-state index contributed by atoms with van der Waals surface area (Å²) in [6, 6.07) is 16.7. The lowest BCUT2D eigenvalue weighted by Gasteiger charge is -2.34. The molecule has 2 heteroatoms. The van der Waals surface area contributed by atoms with Gasteiger partial charge in [0.05, 0.1) is 5.54 Å². The average molecular weight is 300 g/mol. The van der Waals surface area contributed by atoms with E-state index in [-0.39, 0.29) is 5.54 Å². The van der Waals surface area contributed by atoms with Crippen LogP contribution in [0.3, 0.4) is 0 Å². The summed E-state index contributed by atoms with van der Waals surface area (Å²) in [5, 5.41) is 1.23. The van der Waals surface area contributed by atoms with Crippen LogP contribution < -0.4 is 5.73 Å². The second kappa shape index (κ2) is 5.30. The summed E-state index contributed by atoms with van der Waals surface area (Å²) in [6.45, 7) is 0. The molecule has 3 aromatic rings. The molecule has 1 aliphatic rings. The van der Waals surface area contributed by atoms with E-state index < -0.39 is 0 Å². The lowest BCUT2D eigenvalue weighted by atomic mass is 9.77. The number of benzene rings is 2. The summed E-state index contributed by atoms with van der Waals surface area (Å²) < 4.78 is 0. The fraction of sp³-hybridized carbons (Fsp3) is 0.238. The number of hydrogen-bond donors (Lipinski definition) is 2. The minimum absolute atomic E-state index is 0.329. The molecule has 114 valence electrons. The summed E-state index contributed by atoms with van der Waals surface area (Å²) in [7, 11) is 0. The van der Waals surface area contributed by atoms with Gasteiger partial charge in [-0.1, -0.05) is 36.3 Å². The Balaban J connectivity index is 1.83. The minimum Gasteiger partial charge on any atom is -0.357 e. The van der Waals surface area contributed by atoms with Crippen LogP contribution in [0.2, 0.25) is 0 Å². The Morgan fingerprint density at radius 3 is 2.78 bits per heavy atom. The van der Waals surface area contributed by atoms with Gasteiger partial charge < -0.3 is 10.7 Å². The van der Waals surface area contributed by atoms with Gasteiger partial charge in [0.2, 0.25) is 0 Å². The van der Waals surface area contributed by atoms with Gasteiger partial charge in [-0.2, -0.15) is 0 Å². The summed E-state index contributed by atoms with van der Waals surface area (Å²) in [5.41, 5.74) is 12.4. The van der Waals surface area contributed by atoms with E-state index in [0.29, 0.717) is 0 Å². The molecule has 1 aliphatic carbocycles. The quantitative estimate of drug-likeness (QED) is 0.693. The van der Waals surface area contributed by atoms with Gasteiger partial charge in [-0.15, -0.1) is 6.42 Å². The molecule has 1 unspecified atom stereocenters. The first kappa shape index (κ1) is 14.1. The summed E-state index contributed by atoms with van der Waals surface area (Å²) >= 11 is 0. The maximum absolute atomic E-state index is 6.87. The Morgan fingerprint density at radius 1 is 1.17 bits per heavy atom. The molecule has 0 amide bonds. The first-order chi connectivity index (χ1) is 11.2. The third kappa shape index (κ3) is 2.34. The maximum atomic E-state index is 6.87. The lowest BCUT2D eigenvalue weighted by Crippen LogP contribution is -2.42. The van der Waals surface area contributed by atoms with Crippen molar-refractivity contribution in [3.05, 3.63) is 70.9 Å². The molecule has 2 aromatic carbocycles. The number of nitrogens with two attached hydrogens (primary N) is 1. The van der Waals surface area contributed by atoms with Crippen molar-refractivity contribution in [2.24, 2.45) is 5.73 Å². The minimum atomic E-state index is -0.329. The molecule has 0 bridgehead atoms. The Kier molecular flexibility index (Phi) is 3.25. The van der Waals surface area contributed by atoms with Crippen LogP contribution in [0.5, 0.6) is 0 Å². The molecule has 1 heterocycles. The zero-order valence-corrected chi connectivity index (χ0v) is 13.1. The molecule has 0 saturated heterocycles. The van der Waals surface area contributed by atoms with Crippen LogP contribution >= 0.6 is 0 Å². The summed E-state index contributed by atoms with van der Waals surface area (Å²) in [4.78, 5) is 3.58. The zero-order valence-electron chi connectivity index (χ0n) is 13.1. The number of rotatable bonds is 2. The largest absolute Gasteiger partial charge is 0.357 e. The fourth-order valence-electron chi connectivity index (χ4n) is 3.86. The van der Waals surface area contributed by atoms with Gasteiger partial charge in [0, 0.05) is 22.2 Å². The first-order valence-electron chi connectivity index (χ1n) is 8.14. The molecule has 4 rings (SSSR count). The molecular formula is C21H20N2. The molecule has 1 aromatic heterocycles. The number of aryl methyl sites for hydroxylation is 1. The Hall–Kier alpha value is -2.50. The molecule has 0 radical (unpaired) electrons. The number of hydrogen-bond acceptors (Lipinski definition) is 1. The third-order valence-corrected chi connectivity index (χ3v) is 4.98. The zero-order chi connectivity index (χ0) is 15.9. The van der Waals surface area contributed by atoms with Gasteiger partial charge in [-0.25, -0.2) is 0 Å². The monoisotopic (exact) mass is 300 g/mol. The van der Waals surface area contributed by atoms with Gasteiger partial charge >= 0.3 is 0 Å². The topological polar surface area (TPSA) is 41.8 Å². The fourth-order valence-corrected chi connectivity index (χ4v) is 3.86. The van der Waals surface area contributed by atoms with Gasteiger partial charge in [-0.05, 0) is 55.0 Å². The third-order valence-electron chi connectivity index (χ3n) is 4.98. The van der Waals surface area contributed by atoms with E-state index in [1.54, 1.807) is 0 Å². The van der Waals surface area contributed by atoms with Gasteiger partial charge in [0.1, 0.15) is 0 Å². The SMILES string of the molecule is C#Cc1ccc2[nH]c3c(c2c1)CCCC3(N)Cc1ccccc1. The van der Waals surface area contributed by atoms with E-state index in [2.05, 4.69) is 47.3 Å². The highest BCUT2D eigenvalue weighted by atomic mass is 14.9. The van der Waals surface area contributed by atoms with E-state index in [4.69, 9.17) is 12.2 Å². The summed E-state index contributed by atoms with van der Waals surface area (Å²) in [5.74, 6) is 2.73. The van der Waals surface area contributed by atoms with Crippen LogP contribution in [0.4, 0.5) is 0 Å². The van der Waals surface area contributed by atoms with Gasteiger partial charge in [-0.3, -0.25) is 0 Å². The van der Waals surface area contributed by atoms with E-state index in [1.165, 1.54) is 22.2 Å². The first-order valence-corrected chi connectivity index (χ1v) is 8.14. The van der Waals surface area contributed by atoms with E-state index in [0.717, 1.165) is 36.8 Å². The van der Waals surface area contributed by atoms with Gasteiger partial charge in [0.25, 0.3) is 0 Å². The van der Waals surface area contributed by atoms with E-state index >= 15 is 0 Å². The predicted octanol–water partition coefficient (Wildman–Crippen LogP) is 3.88. The number of fused-ring (bicyclic) bond motifs is 3. The Labute approximate surface area is 136 Å². The molecule has 0 fully saturated rings. The van der Waals surface area contributed by atoms with Crippen LogP contribution in [0, 0.1) is 12.3 Å². The van der Waals surface area contributed by atoms with Crippen molar-refractivity contribution in [3.8, 4) is 12.3 Å². The molecule has 1 atom stereocenters. The molecular weight excluding hydrogens is 280 g/mol. The number of aromatic nitrogens is 1. The van der Waals surface area contributed by atoms with Crippen LogP contribution in [0.25, 0.3) is 10.9 Å². The second-order valence-electron chi connectivity index (χ2n) is 6.56. The molecule has 0 saturated carbocycles. The smallest absolute Gasteiger partial charge is 0.0605 e. The van der Waals surface area contributed by atoms with Crippen molar-refractivity contribution < 1.29 is 0 Å². The van der Waals surface area contributed by atoms with Gasteiger partial charge in [0.15, 0.2) is 0 Å². The van der Waals surface area contributed by atoms with Crippen molar-refractivity contribution in [2.75, 3.05) is 0 Å². The molecule has 23 heavy (non-hydrogen) atoms. The summed E-state index contributed by atoms with van der Waals surface area (Å²) in [6.07, 6.45) is 9.60. The van der Waals surface area contributed by atoms with Crippen molar-refractivity contribution in [1.29, 1.82) is 0 Å². The molecule has 0 aliphatic heterocycles. The lowest BCUT2D eigenvalue weighted by molar-refractivity contribution is 0.362.